The summed E-state index contributed by atoms with van der Waals surface area (Å²) in [5.41, 5.74) is 0.603. The molecule has 0 radical (unpaired) electrons. The SMILES string of the molecule is O=C1CC=CC=C1c1c(C(=O)NS(=O)(=O)C2CC2)n(Cc2cc(F)ccc2F)c2ccc(Cl)cc12. The molecular weight excluding hydrogens is 498 g/mol. The van der Waals surface area contributed by atoms with Gasteiger partial charge in [0.25, 0.3) is 5.91 Å². The van der Waals surface area contributed by atoms with Crippen LogP contribution >= 0.6 is 11.6 Å². The predicted octanol–water partition coefficient (Wildman–Crippen LogP) is 4.76. The number of carbonyl (C=O) groups is 2. The van der Waals surface area contributed by atoms with Gasteiger partial charge in [0, 0.05) is 39.0 Å². The molecule has 35 heavy (non-hydrogen) atoms. The first-order chi connectivity index (χ1) is 16.7. The molecule has 2 aromatic carbocycles. The van der Waals surface area contributed by atoms with Crippen LogP contribution in [0, 0.1) is 11.6 Å². The Bertz CT molecular complexity index is 1570. The highest BCUT2D eigenvalue weighted by Gasteiger charge is 2.38. The Morgan fingerprint density at radius 2 is 1.91 bits per heavy atom. The van der Waals surface area contributed by atoms with Crippen LogP contribution in [0.15, 0.2) is 54.6 Å². The molecule has 0 bridgehead atoms. The van der Waals surface area contributed by atoms with Gasteiger partial charge in [0.15, 0.2) is 5.78 Å². The van der Waals surface area contributed by atoms with Gasteiger partial charge in [-0.15, -0.1) is 0 Å². The third-order valence-corrected chi connectivity index (χ3v) is 8.10. The number of amides is 1. The topological polar surface area (TPSA) is 85.2 Å². The van der Waals surface area contributed by atoms with E-state index in [9.17, 15) is 26.8 Å². The number of Topliss-reactive ketones (excluding diaryl/α,β-unsaturated/α-hetero) is 1. The van der Waals surface area contributed by atoms with Crippen LogP contribution < -0.4 is 4.72 Å². The van der Waals surface area contributed by atoms with E-state index < -0.39 is 32.8 Å². The summed E-state index contributed by atoms with van der Waals surface area (Å²) < 4.78 is 57.2. The molecule has 2 aliphatic carbocycles. The quantitative estimate of drug-likeness (QED) is 0.512. The van der Waals surface area contributed by atoms with Crippen molar-refractivity contribution in [3.63, 3.8) is 0 Å². The second-order valence-corrected chi connectivity index (χ2v) is 10.9. The summed E-state index contributed by atoms with van der Waals surface area (Å²) >= 11 is 6.24. The smallest absolute Gasteiger partial charge is 0.282 e. The molecule has 1 aromatic heterocycles. The number of ketones is 1. The molecule has 6 nitrogen and oxygen atoms in total. The first kappa shape index (κ1) is 23.4. The number of fused-ring (bicyclic) bond motifs is 1. The largest absolute Gasteiger partial charge is 0.331 e. The number of benzene rings is 2. The average Bonchev–Trinajstić information content (AvgIpc) is 3.61. The molecular formula is C25H19ClF2N2O4S. The van der Waals surface area contributed by atoms with Crippen LogP contribution in [0.5, 0.6) is 0 Å². The van der Waals surface area contributed by atoms with Crippen molar-refractivity contribution in [2.45, 2.75) is 31.1 Å². The van der Waals surface area contributed by atoms with Crippen LogP contribution in [0.1, 0.15) is 40.9 Å². The van der Waals surface area contributed by atoms with Gasteiger partial charge < -0.3 is 4.57 Å². The molecule has 0 atom stereocenters. The summed E-state index contributed by atoms with van der Waals surface area (Å²) in [6, 6.07) is 7.67. The summed E-state index contributed by atoms with van der Waals surface area (Å²) in [7, 11) is -3.94. The van der Waals surface area contributed by atoms with Crippen molar-refractivity contribution in [2.24, 2.45) is 0 Å². The molecule has 0 spiro atoms. The Morgan fingerprint density at radius 1 is 1.14 bits per heavy atom. The number of halogens is 3. The summed E-state index contributed by atoms with van der Waals surface area (Å²) in [5.74, 6) is -2.60. The highest BCUT2D eigenvalue weighted by atomic mass is 35.5. The van der Waals surface area contributed by atoms with E-state index in [0.717, 1.165) is 18.2 Å². The highest BCUT2D eigenvalue weighted by molar-refractivity contribution is 7.91. The van der Waals surface area contributed by atoms with Crippen molar-refractivity contribution in [1.82, 2.24) is 9.29 Å². The number of sulfonamides is 1. The Morgan fingerprint density at radius 3 is 2.63 bits per heavy atom. The van der Waals surface area contributed by atoms with Crippen molar-refractivity contribution in [2.75, 3.05) is 0 Å². The minimum atomic E-state index is -3.94. The molecule has 0 unspecified atom stereocenters. The van der Waals surface area contributed by atoms with Crippen molar-refractivity contribution >= 4 is 49.8 Å². The molecule has 1 fully saturated rings. The van der Waals surface area contributed by atoms with Crippen LogP contribution in [0.2, 0.25) is 5.02 Å². The number of rotatable bonds is 6. The fourth-order valence-corrected chi connectivity index (χ4v) is 5.69. The van der Waals surface area contributed by atoms with Gasteiger partial charge >= 0.3 is 0 Å². The van der Waals surface area contributed by atoms with Gasteiger partial charge in [0.1, 0.15) is 17.3 Å². The molecule has 1 heterocycles. The number of aromatic nitrogens is 1. The van der Waals surface area contributed by atoms with Crippen molar-refractivity contribution < 1.29 is 26.8 Å². The number of allylic oxidation sites excluding steroid dienone is 4. The van der Waals surface area contributed by atoms with E-state index >= 15 is 0 Å². The lowest BCUT2D eigenvalue weighted by atomic mass is 9.93. The molecule has 2 aliphatic rings. The molecule has 180 valence electrons. The van der Waals surface area contributed by atoms with Crippen LogP contribution in [-0.2, 0) is 21.4 Å². The second-order valence-electron chi connectivity index (χ2n) is 8.52. The molecule has 1 amide bonds. The lowest BCUT2D eigenvalue weighted by molar-refractivity contribution is -0.113. The van der Waals surface area contributed by atoms with Crippen LogP contribution in [0.3, 0.4) is 0 Å². The van der Waals surface area contributed by atoms with E-state index in [1.165, 1.54) is 4.57 Å². The molecule has 5 rings (SSSR count). The lowest BCUT2D eigenvalue weighted by Crippen LogP contribution is -2.35. The van der Waals surface area contributed by atoms with Gasteiger partial charge in [-0.1, -0.05) is 29.8 Å². The molecule has 3 aromatic rings. The van der Waals surface area contributed by atoms with E-state index in [-0.39, 0.29) is 41.1 Å². The zero-order valence-electron chi connectivity index (χ0n) is 18.2. The van der Waals surface area contributed by atoms with Gasteiger partial charge in [0.2, 0.25) is 10.0 Å². The van der Waals surface area contributed by atoms with E-state index in [4.69, 9.17) is 11.6 Å². The fourth-order valence-electron chi connectivity index (χ4n) is 4.24. The van der Waals surface area contributed by atoms with Crippen molar-refractivity contribution in [3.05, 3.63) is 88.1 Å². The van der Waals surface area contributed by atoms with Crippen LogP contribution in [0.25, 0.3) is 16.5 Å². The van der Waals surface area contributed by atoms with Gasteiger partial charge in [0.05, 0.1) is 11.8 Å². The summed E-state index contributed by atoms with van der Waals surface area (Å²) in [5, 5.41) is 0.0734. The first-order valence-corrected chi connectivity index (χ1v) is 12.8. The Labute approximate surface area is 204 Å². The second kappa shape index (κ2) is 8.73. The fraction of sp³-hybridized carbons (Fsp3) is 0.200. The number of nitrogens with one attached hydrogen (secondary N) is 1. The van der Waals surface area contributed by atoms with Crippen LogP contribution in [-0.4, -0.2) is 29.9 Å². The van der Waals surface area contributed by atoms with Gasteiger partial charge in [-0.3, -0.25) is 9.59 Å². The maximum atomic E-state index is 14.6. The summed E-state index contributed by atoms with van der Waals surface area (Å²) in [6.07, 6.45) is 5.85. The van der Waals surface area contributed by atoms with E-state index in [2.05, 4.69) is 4.72 Å². The normalized spacial score (nSPS) is 16.0. The zero-order valence-corrected chi connectivity index (χ0v) is 19.8. The van der Waals surface area contributed by atoms with Crippen molar-refractivity contribution in [3.8, 4) is 0 Å². The molecule has 10 heteroatoms. The summed E-state index contributed by atoms with van der Waals surface area (Å²) in [4.78, 5) is 26.4. The Balaban J connectivity index is 1.78. The van der Waals surface area contributed by atoms with E-state index in [1.54, 1.807) is 36.4 Å². The molecule has 0 aliphatic heterocycles. The molecule has 1 N–H and O–H groups in total. The highest BCUT2D eigenvalue weighted by Crippen LogP contribution is 2.37. The minimum absolute atomic E-state index is 0.0497. The van der Waals surface area contributed by atoms with Gasteiger partial charge in [-0.2, -0.15) is 0 Å². The lowest BCUT2D eigenvalue weighted by Gasteiger charge is -2.15. The standard InChI is InChI=1S/C25H19ClF2N2O4S/c26-15-5-10-21-19(12-15)23(18-3-1-2-4-22(18)31)24(25(32)29-35(33,34)17-7-8-17)30(21)13-14-11-16(27)6-9-20(14)28/h1-3,5-6,9-12,17H,4,7-8,13H2,(H,29,32). The third kappa shape index (κ3) is 4.41. The number of carbonyl (C=O) groups excluding carboxylic acids is 2. The number of hydrogen-bond donors (Lipinski definition) is 1. The third-order valence-electron chi connectivity index (χ3n) is 6.05. The number of hydrogen-bond acceptors (Lipinski definition) is 4. The van der Waals surface area contributed by atoms with Crippen LogP contribution in [0.4, 0.5) is 8.78 Å². The van der Waals surface area contributed by atoms with Gasteiger partial charge in [-0.05, 0) is 49.2 Å². The van der Waals surface area contributed by atoms with Crippen molar-refractivity contribution in [1.29, 1.82) is 0 Å². The average molecular weight is 517 g/mol. The Kier molecular flexibility index (Phi) is 5.85. The van der Waals surface area contributed by atoms with E-state index in [1.807, 2.05) is 0 Å². The monoisotopic (exact) mass is 516 g/mol. The summed E-state index contributed by atoms with van der Waals surface area (Å²) in [6.45, 7) is -0.286. The maximum Gasteiger partial charge on any atom is 0.282 e. The Hall–Kier alpha value is -3.30. The number of nitrogens with zero attached hydrogens (tertiary/aromatic N) is 1. The zero-order chi connectivity index (χ0) is 24.9. The molecule has 0 saturated heterocycles. The van der Waals surface area contributed by atoms with Gasteiger partial charge in [-0.25, -0.2) is 21.9 Å². The first-order valence-electron chi connectivity index (χ1n) is 10.9. The minimum Gasteiger partial charge on any atom is -0.331 e. The maximum absolute atomic E-state index is 14.6. The predicted molar refractivity (Wildman–Crippen MR) is 129 cm³/mol. The van der Waals surface area contributed by atoms with E-state index in [0.29, 0.717) is 28.8 Å². The molecule has 1 saturated carbocycles.